The van der Waals surface area contributed by atoms with Crippen molar-refractivity contribution >= 4 is 6.21 Å². The Morgan fingerprint density at radius 2 is 1.71 bits per heavy atom. The Morgan fingerprint density at radius 1 is 1.00 bits per heavy atom. The summed E-state index contributed by atoms with van der Waals surface area (Å²) >= 11 is 0. The largest absolute Gasteiger partial charge is 0.391 e. The highest BCUT2D eigenvalue weighted by Crippen LogP contribution is 2.04. The number of rotatable bonds is 5. The first-order chi connectivity index (χ1) is 10.4. The van der Waals surface area contributed by atoms with Gasteiger partial charge in [0.25, 0.3) is 0 Å². The predicted octanol–water partition coefficient (Wildman–Crippen LogP) is 2.82. The second-order valence-corrected chi connectivity index (χ2v) is 4.39. The molecule has 5 heteroatoms. The normalized spacial score (nSPS) is 10.9. The minimum absolute atomic E-state index is 0.435. The van der Waals surface area contributed by atoms with Gasteiger partial charge < -0.3 is 4.84 Å². The Kier molecular flexibility index (Phi) is 4.02. The first-order valence-electron chi connectivity index (χ1n) is 6.59. The van der Waals surface area contributed by atoms with E-state index < -0.39 is 0 Å². The van der Waals surface area contributed by atoms with Gasteiger partial charge in [0.1, 0.15) is 12.3 Å². The van der Waals surface area contributed by atoms with Gasteiger partial charge in [0.2, 0.25) is 0 Å². The summed E-state index contributed by atoms with van der Waals surface area (Å²) in [5, 5.41) is 12.4. The lowest BCUT2D eigenvalue weighted by Crippen LogP contribution is -1.98. The van der Waals surface area contributed by atoms with E-state index in [1.807, 2.05) is 60.7 Å². The van der Waals surface area contributed by atoms with Gasteiger partial charge in [-0.25, -0.2) is 0 Å². The Morgan fingerprint density at radius 3 is 2.48 bits per heavy atom. The van der Waals surface area contributed by atoms with Gasteiger partial charge in [-0.2, -0.15) is 9.90 Å². The lowest BCUT2D eigenvalue weighted by molar-refractivity contribution is 0.132. The highest BCUT2D eigenvalue weighted by atomic mass is 16.6. The molecule has 0 aliphatic heterocycles. The van der Waals surface area contributed by atoms with Gasteiger partial charge in [0, 0.05) is 0 Å². The summed E-state index contributed by atoms with van der Waals surface area (Å²) in [5.41, 5.74) is 2.62. The molecule has 0 aliphatic rings. The first-order valence-corrected chi connectivity index (χ1v) is 6.59. The van der Waals surface area contributed by atoms with Crippen molar-refractivity contribution in [1.29, 1.82) is 0 Å². The SMILES string of the molecule is C(=NOCc1ccccc1)c1cnn(-c2ccccc2)n1. The first kappa shape index (κ1) is 13.1. The van der Waals surface area contributed by atoms with Gasteiger partial charge in [-0.15, -0.1) is 5.10 Å². The summed E-state index contributed by atoms with van der Waals surface area (Å²) in [4.78, 5) is 6.79. The van der Waals surface area contributed by atoms with Crippen molar-refractivity contribution < 1.29 is 4.84 Å². The van der Waals surface area contributed by atoms with E-state index >= 15 is 0 Å². The molecule has 0 amide bonds. The molecule has 0 saturated carbocycles. The van der Waals surface area contributed by atoms with Gasteiger partial charge >= 0.3 is 0 Å². The second-order valence-electron chi connectivity index (χ2n) is 4.39. The van der Waals surface area contributed by atoms with E-state index in [1.165, 1.54) is 0 Å². The zero-order valence-corrected chi connectivity index (χ0v) is 11.3. The minimum atomic E-state index is 0.435. The molecular weight excluding hydrogens is 264 g/mol. The summed E-state index contributed by atoms with van der Waals surface area (Å²) in [6.07, 6.45) is 3.19. The molecule has 0 unspecified atom stereocenters. The third-order valence-electron chi connectivity index (χ3n) is 2.83. The van der Waals surface area contributed by atoms with Crippen LogP contribution in [0.2, 0.25) is 0 Å². The Hall–Kier alpha value is -2.95. The third-order valence-corrected chi connectivity index (χ3v) is 2.83. The monoisotopic (exact) mass is 278 g/mol. The van der Waals surface area contributed by atoms with E-state index in [0.29, 0.717) is 12.3 Å². The molecule has 104 valence electrons. The maximum atomic E-state index is 5.23. The fraction of sp³-hybridized carbons (Fsp3) is 0.0625. The summed E-state index contributed by atoms with van der Waals surface area (Å²) < 4.78 is 0. The third kappa shape index (κ3) is 3.54. The van der Waals surface area contributed by atoms with Gasteiger partial charge in [-0.05, 0) is 17.7 Å². The van der Waals surface area contributed by atoms with E-state index in [-0.39, 0.29) is 0 Å². The number of oxime groups is 1. The molecule has 2 aromatic carbocycles. The van der Waals surface area contributed by atoms with Gasteiger partial charge in [-0.1, -0.05) is 53.7 Å². The summed E-state index contributed by atoms with van der Waals surface area (Å²) in [6.45, 7) is 0.435. The molecule has 3 aromatic rings. The molecule has 1 heterocycles. The predicted molar refractivity (Wildman–Crippen MR) is 80.2 cm³/mol. The van der Waals surface area contributed by atoms with Crippen LogP contribution in [0.3, 0.4) is 0 Å². The quantitative estimate of drug-likeness (QED) is 0.532. The van der Waals surface area contributed by atoms with Crippen molar-refractivity contribution in [3.05, 3.63) is 78.1 Å². The molecule has 5 nitrogen and oxygen atoms in total. The van der Waals surface area contributed by atoms with Crippen molar-refractivity contribution in [2.75, 3.05) is 0 Å². The van der Waals surface area contributed by atoms with Crippen LogP contribution in [-0.4, -0.2) is 21.2 Å². The fourth-order valence-corrected chi connectivity index (χ4v) is 1.80. The Bertz CT molecular complexity index is 707. The van der Waals surface area contributed by atoms with E-state index in [4.69, 9.17) is 4.84 Å². The van der Waals surface area contributed by atoms with Gasteiger partial charge in [0.05, 0.1) is 18.1 Å². The number of para-hydroxylation sites is 1. The van der Waals surface area contributed by atoms with Crippen LogP contribution in [-0.2, 0) is 11.4 Å². The summed E-state index contributed by atoms with van der Waals surface area (Å²) in [7, 11) is 0. The maximum Gasteiger partial charge on any atom is 0.142 e. The van der Waals surface area contributed by atoms with Gasteiger partial charge in [-0.3, -0.25) is 0 Å². The number of aromatic nitrogens is 3. The van der Waals surface area contributed by atoms with Crippen LogP contribution in [0, 0.1) is 0 Å². The zero-order valence-electron chi connectivity index (χ0n) is 11.3. The van der Waals surface area contributed by atoms with Crippen molar-refractivity contribution in [3.8, 4) is 5.69 Å². The van der Waals surface area contributed by atoms with Crippen molar-refractivity contribution in [3.63, 3.8) is 0 Å². The van der Waals surface area contributed by atoms with Crippen LogP contribution in [0.25, 0.3) is 5.69 Å². The molecule has 1 aromatic heterocycles. The number of hydrogen-bond acceptors (Lipinski definition) is 4. The lowest BCUT2D eigenvalue weighted by Gasteiger charge is -1.98. The van der Waals surface area contributed by atoms with Crippen LogP contribution < -0.4 is 0 Å². The number of hydrogen-bond donors (Lipinski definition) is 0. The maximum absolute atomic E-state index is 5.23. The number of nitrogens with zero attached hydrogens (tertiary/aromatic N) is 4. The van der Waals surface area contributed by atoms with Crippen LogP contribution in [0.15, 0.2) is 72.0 Å². The molecule has 3 rings (SSSR count). The molecule has 0 aliphatic carbocycles. The van der Waals surface area contributed by atoms with Crippen molar-refractivity contribution in [2.24, 2.45) is 5.16 Å². The second kappa shape index (κ2) is 6.47. The van der Waals surface area contributed by atoms with E-state index in [9.17, 15) is 0 Å². The van der Waals surface area contributed by atoms with E-state index in [1.54, 1.807) is 17.2 Å². The molecule has 0 N–H and O–H groups in total. The van der Waals surface area contributed by atoms with E-state index in [2.05, 4.69) is 15.4 Å². The molecule has 0 radical (unpaired) electrons. The number of benzene rings is 2. The molecule has 0 atom stereocenters. The van der Waals surface area contributed by atoms with Crippen LogP contribution >= 0.6 is 0 Å². The van der Waals surface area contributed by atoms with Gasteiger partial charge in [0.15, 0.2) is 0 Å². The Balaban J connectivity index is 1.58. The standard InChI is InChI=1S/C16H14N4O/c1-3-7-14(8-4-1)13-21-18-12-15-11-17-20(19-15)16-9-5-2-6-10-16/h1-12H,13H2. The fourth-order valence-electron chi connectivity index (χ4n) is 1.80. The Labute approximate surface area is 122 Å². The zero-order chi connectivity index (χ0) is 14.3. The highest BCUT2D eigenvalue weighted by molar-refractivity contribution is 5.75. The molecule has 0 fully saturated rings. The highest BCUT2D eigenvalue weighted by Gasteiger charge is 2.00. The van der Waals surface area contributed by atoms with Crippen molar-refractivity contribution in [1.82, 2.24) is 15.0 Å². The molecule has 0 saturated heterocycles. The molecular formula is C16H14N4O. The van der Waals surface area contributed by atoms with E-state index in [0.717, 1.165) is 11.3 Å². The average Bonchev–Trinajstić information content (AvgIpc) is 3.02. The molecule has 0 bridgehead atoms. The van der Waals surface area contributed by atoms with Crippen molar-refractivity contribution in [2.45, 2.75) is 6.61 Å². The van der Waals surface area contributed by atoms with Crippen LogP contribution in [0.4, 0.5) is 0 Å². The topological polar surface area (TPSA) is 52.3 Å². The average molecular weight is 278 g/mol. The van der Waals surface area contributed by atoms with Crippen LogP contribution in [0.5, 0.6) is 0 Å². The summed E-state index contributed by atoms with van der Waals surface area (Å²) in [5.74, 6) is 0. The smallest absolute Gasteiger partial charge is 0.142 e. The molecule has 0 spiro atoms. The summed E-state index contributed by atoms with van der Waals surface area (Å²) in [6, 6.07) is 19.6. The lowest BCUT2D eigenvalue weighted by atomic mass is 10.2. The molecule has 21 heavy (non-hydrogen) atoms. The minimum Gasteiger partial charge on any atom is -0.391 e. The van der Waals surface area contributed by atoms with Crippen LogP contribution in [0.1, 0.15) is 11.3 Å².